The largest absolute Gasteiger partial charge is 0.320 e. The Labute approximate surface area is 127 Å². The summed E-state index contributed by atoms with van der Waals surface area (Å²) in [4.78, 5) is 0. The average Bonchev–Trinajstić information content (AvgIpc) is 2.43. The molecule has 116 valence electrons. The second kappa shape index (κ2) is 8.15. The van der Waals surface area contributed by atoms with Gasteiger partial charge in [0.1, 0.15) is 0 Å². The van der Waals surface area contributed by atoms with E-state index in [1.807, 2.05) is 38.1 Å². The number of nitrogens with two attached hydrogens (primary N) is 1. The van der Waals surface area contributed by atoms with Crippen LogP contribution in [0.2, 0.25) is 0 Å². The fourth-order valence-corrected chi connectivity index (χ4v) is 2.71. The van der Waals surface area contributed by atoms with Gasteiger partial charge in [-0.2, -0.15) is 12.7 Å². The molecule has 21 heavy (non-hydrogen) atoms. The summed E-state index contributed by atoms with van der Waals surface area (Å²) < 4.78 is 28.0. The van der Waals surface area contributed by atoms with Crippen molar-refractivity contribution >= 4 is 10.2 Å². The van der Waals surface area contributed by atoms with Crippen LogP contribution in [0.5, 0.6) is 0 Å². The van der Waals surface area contributed by atoms with E-state index >= 15 is 0 Å². The molecule has 0 spiro atoms. The van der Waals surface area contributed by atoms with Crippen molar-refractivity contribution in [1.82, 2.24) is 9.03 Å². The summed E-state index contributed by atoms with van der Waals surface area (Å²) in [5.41, 5.74) is 7.06. The molecule has 3 N–H and O–H groups in total. The SMILES string of the molecule is CC(C)CNS(=O)(=O)N(C)Cc1cccc(C#CCN)c1. The molecule has 0 amide bonds. The molecule has 0 fully saturated rings. The molecular formula is C15H23N3O2S. The molecular weight excluding hydrogens is 286 g/mol. The summed E-state index contributed by atoms with van der Waals surface area (Å²) >= 11 is 0. The van der Waals surface area contributed by atoms with E-state index in [4.69, 9.17) is 5.73 Å². The fraction of sp³-hybridized carbons (Fsp3) is 0.467. The molecule has 0 radical (unpaired) electrons. The molecule has 0 aliphatic carbocycles. The van der Waals surface area contributed by atoms with Gasteiger partial charge in [-0.05, 0) is 23.6 Å². The molecule has 6 heteroatoms. The first-order valence-corrected chi connectivity index (χ1v) is 8.28. The lowest BCUT2D eigenvalue weighted by Crippen LogP contribution is -2.39. The van der Waals surface area contributed by atoms with Crippen LogP contribution >= 0.6 is 0 Å². The highest BCUT2D eigenvalue weighted by Gasteiger charge is 2.17. The van der Waals surface area contributed by atoms with Gasteiger partial charge in [0, 0.05) is 25.7 Å². The molecule has 0 atom stereocenters. The third-order valence-electron chi connectivity index (χ3n) is 2.75. The average molecular weight is 309 g/mol. The van der Waals surface area contributed by atoms with Crippen LogP contribution in [0.3, 0.4) is 0 Å². The summed E-state index contributed by atoms with van der Waals surface area (Å²) in [5.74, 6) is 5.99. The van der Waals surface area contributed by atoms with Gasteiger partial charge >= 0.3 is 0 Å². The molecule has 1 rings (SSSR count). The zero-order valence-electron chi connectivity index (χ0n) is 12.8. The number of hydrogen-bond acceptors (Lipinski definition) is 3. The number of rotatable bonds is 6. The van der Waals surface area contributed by atoms with Crippen molar-refractivity contribution in [3.05, 3.63) is 35.4 Å². The van der Waals surface area contributed by atoms with E-state index in [0.717, 1.165) is 11.1 Å². The normalized spacial score (nSPS) is 11.5. The molecule has 0 unspecified atom stereocenters. The lowest BCUT2D eigenvalue weighted by Gasteiger charge is -2.18. The second-order valence-corrected chi connectivity index (χ2v) is 7.07. The Morgan fingerprint density at radius 2 is 2.10 bits per heavy atom. The van der Waals surface area contributed by atoms with Crippen LogP contribution in [0, 0.1) is 17.8 Å². The molecule has 0 saturated heterocycles. The number of nitrogens with zero attached hydrogens (tertiary/aromatic N) is 1. The van der Waals surface area contributed by atoms with E-state index in [2.05, 4.69) is 16.6 Å². The van der Waals surface area contributed by atoms with Crippen molar-refractivity contribution in [2.75, 3.05) is 20.1 Å². The molecule has 0 aliphatic heterocycles. The quantitative estimate of drug-likeness (QED) is 0.767. The standard InChI is InChI=1S/C15H23N3O2S/c1-13(2)11-17-21(19,20)18(3)12-15-7-4-6-14(10-15)8-5-9-16/h4,6-7,10,13,17H,9,11-12,16H2,1-3H3. The molecule has 0 heterocycles. The molecule has 5 nitrogen and oxygen atoms in total. The fourth-order valence-electron chi connectivity index (χ4n) is 1.62. The Balaban J connectivity index is 2.76. The maximum absolute atomic E-state index is 12.1. The van der Waals surface area contributed by atoms with Crippen LogP contribution in [0.15, 0.2) is 24.3 Å². The highest BCUT2D eigenvalue weighted by molar-refractivity contribution is 7.87. The lowest BCUT2D eigenvalue weighted by molar-refractivity contribution is 0.449. The van der Waals surface area contributed by atoms with Crippen molar-refractivity contribution < 1.29 is 8.42 Å². The predicted octanol–water partition coefficient (Wildman–Crippen LogP) is 0.919. The molecule has 0 aromatic heterocycles. The van der Waals surface area contributed by atoms with Gasteiger partial charge in [0.05, 0.1) is 6.54 Å². The predicted molar refractivity (Wildman–Crippen MR) is 85.6 cm³/mol. The van der Waals surface area contributed by atoms with E-state index in [1.54, 1.807) is 7.05 Å². The van der Waals surface area contributed by atoms with Gasteiger partial charge in [-0.1, -0.05) is 37.8 Å². The summed E-state index contributed by atoms with van der Waals surface area (Å²) in [7, 11) is -1.90. The van der Waals surface area contributed by atoms with Gasteiger partial charge in [-0.25, -0.2) is 4.72 Å². The Morgan fingerprint density at radius 1 is 1.38 bits per heavy atom. The first-order valence-electron chi connectivity index (χ1n) is 6.84. The molecule has 0 bridgehead atoms. The maximum Gasteiger partial charge on any atom is 0.279 e. The Morgan fingerprint density at radius 3 is 2.71 bits per heavy atom. The maximum atomic E-state index is 12.1. The zero-order valence-corrected chi connectivity index (χ0v) is 13.6. The zero-order chi connectivity index (χ0) is 15.9. The van der Waals surface area contributed by atoms with Crippen molar-refractivity contribution in [3.8, 4) is 11.8 Å². The third kappa shape index (κ3) is 6.27. The van der Waals surface area contributed by atoms with Gasteiger partial charge in [-0.3, -0.25) is 0 Å². The minimum absolute atomic E-state index is 0.267. The van der Waals surface area contributed by atoms with Gasteiger partial charge < -0.3 is 5.73 Å². The monoisotopic (exact) mass is 309 g/mol. The highest BCUT2D eigenvalue weighted by Crippen LogP contribution is 2.09. The summed E-state index contributed by atoms with van der Waals surface area (Å²) in [6.45, 7) is 4.95. The van der Waals surface area contributed by atoms with E-state index in [-0.39, 0.29) is 5.92 Å². The Kier molecular flexibility index (Phi) is 6.85. The summed E-state index contributed by atoms with van der Waals surface area (Å²) in [6.07, 6.45) is 0. The summed E-state index contributed by atoms with van der Waals surface area (Å²) in [6, 6.07) is 7.48. The first-order chi connectivity index (χ1) is 9.85. The van der Waals surface area contributed by atoms with Crippen molar-refractivity contribution in [1.29, 1.82) is 0 Å². The lowest BCUT2D eigenvalue weighted by atomic mass is 10.1. The first kappa shape index (κ1) is 17.7. The van der Waals surface area contributed by atoms with E-state index < -0.39 is 10.2 Å². The van der Waals surface area contributed by atoms with Gasteiger partial charge in [-0.15, -0.1) is 0 Å². The topological polar surface area (TPSA) is 75.4 Å². The van der Waals surface area contributed by atoms with Crippen molar-refractivity contribution in [3.63, 3.8) is 0 Å². The number of hydrogen-bond donors (Lipinski definition) is 2. The summed E-state index contributed by atoms with van der Waals surface area (Å²) in [5, 5.41) is 0. The van der Waals surface area contributed by atoms with E-state index in [1.165, 1.54) is 4.31 Å². The van der Waals surface area contributed by atoms with E-state index in [9.17, 15) is 8.42 Å². The Bertz CT molecular complexity index is 615. The van der Waals surface area contributed by atoms with Crippen molar-refractivity contribution in [2.24, 2.45) is 11.7 Å². The van der Waals surface area contributed by atoms with Crippen LogP contribution in [0.1, 0.15) is 25.0 Å². The van der Waals surface area contributed by atoms with Gasteiger partial charge in [0.25, 0.3) is 10.2 Å². The van der Waals surface area contributed by atoms with Crippen LogP contribution in [-0.2, 0) is 16.8 Å². The third-order valence-corrected chi connectivity index (χ3v) is 4.23. The Hall–Kier alpha value is -1.39. The van der Waals surface area contributed by atoms with Gasteiger partial charge in [0.15, 0.2) is 0 Å². The molecule has 0 aliphatic rings. The van der Waals surface area contributed by atoms with Gasteiger partial charge in [0.2, 0.25) is 0 Å². The van der Waals surface area contributed by atoms with Crippen molar-refractivity contribution in [2.45, 2.75) is 20.4 Å². The minimum Gasteiger partial charge on any atom is -0.320 e. The number of nitrogens with one attached hydrogen (secondary N) is 1. The molecule has 1 aromatic rings. The van der Waals surface area contributed by atoms with Crippen LogP contribution in [0.25, 0.3) is 0 Å². The van der Waals surface area contributed by atoms with E-state index in [0.29, 0.717) is 19.6 Å². The van der Waals surface area contributed by atoms with Crippen LogP contribution < -0.4 is 10.5 Å². The van der Waals surface area contributed by atoms with Crippen LogP contribution in [0.4, 0.5) is 0 Å². The molecule has 0 saturated carbocycles. The van der Waals surface area contributed by atoms with Crippen LogP contribution in [-0.4, -0.2) is 32.9 Å². The second-order valence-electron chi connectivity index (χ2n) is 5.21. The highest BCUT2D eigenvalue weighted by atomic mass is 32.2. The number of benzene rings is 1. The molecule has 1 aromatic carbocycles. The smallest absolute Gasteiger partial charge is 0.279 e. The minimum atomic E-state index is -3.46.